The van der Waals surface area contributed by atoms with E-state index in [0.29, 0.717) is 0 Å². The molecular weight excluding hydrogens is 224 g/mol. The molecule has 5 heteroatoms. The number of rotatable bonds is 1. The highest BCUT2D eigenvalue weighted by molar-refractivity contribution is 9.10. The number of hydrogen-bond donors (Lipinski definition) is 1. The third kappa shape index (κ3) is 1.60. The van der Waals surface area contributed by atoms with Gasteiger partial charge in [0.1, 0.15) is 16.4 Å². The van der Waals surface area contributed by atoms with Crippen molar-refractivity contribution in [1.29, 1.82) is 5.26 Å². The number of nitrogens with zero attached hydrogens (tertiary/aromatic N) is 2. The Morgan fingerprint density at radius 2 is 2.33 bits per heavy atom. The molecule has 0 amide bonds. The minimum Gasteiger partial charge on any atom is -0.478 e. The van der Waals surface area contributed by atoms with Gasteiger partial charge in [-0.15, -0.1) is 0 Å². The molecule has 0 aromatic carbocycles. The van der Waals surface area contributed by atoms with E-state index in [1.54, 1.807) is 6.07 Å². The second-order valence-corrected chi connectivity index (χ2v) is 2.70. The molecule has 0 saturated carbocycles. The Labute approximate surface area is 76.6 Å². The van der Waals surface area contributed by atoms with Crippen molar-refractivity contribution >= 4 is 21.9 Å². The number of halogens is 1. The first-order valence-corrected chi connectivity index (χ1v) is 3.74. The summed E-state index contributed by atoms with van der Waals surface area (Å²) in [7, 11) is 0. The molecular formula is C7H3BrN2O2. The molecule has 1 rings (SSSR count). The van der Waals surface area contributed by atoms with E-state index in [1.165, 1.54) is 12.1 Å². The quantitative estimate of drug-likeness (QED) is 0.736. The van der Waals surface area contributed by atoms with Gasteiger partial charge in [0.25, 0.3) is 0 Å². The van der Waals surface area contributed by atoms with Crippen LogP contribution in [-0.4, -0.2) is 16.1 Å². The summed E-state index contributed by atoms with van der Waals surface area (Å²) in [5.74, 6) is -1.07. The molecule has 0 fully saturated rings. The van der Waals surface area contributed by atoms with Crippen molar-refractivity contribution in [2.45, 2.75) is 0 Å². The first kappa shape index (κ1) is 8.68. The number of carboxylic acids is 1. The first-order chi connectivity index (χ1) is 5.65. The highest BCUT2D eigenvalue weighted by Gasteiger charge is 2.09. The second-order valence-electron chi connectivity index (χ2n) is 1.95. The summed E-state index contributed by atoms with van der Waals surface area (Å²) in [6.45, 7) is 0. The van der Waals surface area contributed by atoms with Crippen molar-refractivity contribution in [2.24, 2.45) is 0 Å². The molecule has 1 aromatic heterocycles. The summed E-state index contributed by atoms with van der Waals surface area (Å²) in [5, 5.41) is 17.0. The summed E-state index contributed by atoms with van der Waals surface area (Å²) < 4.78 is 0.175. The minimum absolute atomic E-state index is 0.0500. The Hall–Kier alpha value is -1.41. The maximum Gasteiger partial charge on any atom is 0.338 e. The SMILES string of the molecule is N#Cc1ccc(C(=O)O)c(Br)n1. The molecule has 0 bridgehead atoms. The Kier molecular flexibility index (Phi) is 2.41. The average molecular weight is 227 g/mol. The van der Waals surface area contributed by atoms with Crippen LogP contribution < -0.4 is 0 Å². The molecule has 1 heterocycles. The van der Waals surface area contributed by atoms with E-state index in [4.69, 9.17) is 10.4 Å². The van der Waals surface area contributed by atoms with Gasteiger partial charge in [0.2, 0.25) is 0 Å². The average Bonchev–Trinajstić information content (AvgIpc) is 2.03. The molecule has 0 radical (unpaired) electrons. The van der Waals surface area contributed by atoms with Crippen LogP contribution in [0.15, 0.2) is 16.7 Å². The normalized spacial score (nSPS) is 9.00. The highest BCUT2D eigenvalue weighted by atomic mass is 79.9. The lowest BCUT2D eigenvalue weighted by atomic mass is 10.2. The molecule has 1 N–H and O–H groups in total. The fourth-order valence-electron chi connectivity index (χ4n) is 0.656. The van der Waals surface area contributed by atoms with E-state index < -0.39 is 5.97 Å². The predicted octanol–water partition coefficient (Wildman–Crippen LogP) is 1.41. The zero-order chi connectivity index (χ0) is 9.14. The van der Waals surface area contributed by atoms with Crippen LogP contribution in [-0.2, 0) is 0 Å². The van der Waals surface area contributed by atoms with E-state index in [2.05, 4.69) is 20.9 Å². The van der Waals surface area contributed by atoms with E-state index in [9.17, 15) is 4.79 Å². The van der Waals surface area contributed by atoms with Crippen LogP contribution in [0.3, 0.4) is 0 Å². The summed E-state index contributed by atoms with van der Waals surface area (Å²) >= 11 is 2.95. The van der Waals surface area contributed by atoms with Crippen LogP contribution >= 0.6 is 15.9 Å². The van der Waals surface area contributed by atoms with Crippen molar-refractivity contribution in [1.82, 2.24) is 4.98 Å². The van der Waals surface area contributed by atoms with Crippen LogP contribution in [0.25, 0.3) is 0 Å². The number of nitriles is 1. The Morgan fingerprint density at radius 3 is 2.75 bits per heavy atom. The molecule has 12 heavy (non-hydrogen) atoms. The zero-order valence-corrected chi connectivity index (χ0v) is 7.37. The fourth-order valence-corrected chi connectivity index (χ4v) is 1.15. The number of aromatic carboxylic acids is 1. The maximum absolute atomic E-state index is 10.5. The Bertz CT molecular complexity index is 370. The third-order valence-corrected chi connectivity index (χ3v) is 1.80. The zero-order valence-electron chi connectivity index (χ0n) is 5.78. The number of carboxylic acid groups (broad SMARTS) is 1. The first-order valence-electron chi connectivity index (χ1n) is 2.95. The predicted molar refractivity (Wildman–Crippen MR) is 43.6 cm³/mol. The van der Waals surface area contributed by atoms with Gasteiger partial charge in [-0.05, 0) is 28.1 Å². The Morgan fingerprint density at radius 1 is 1.67 bits per heavy atom. The fraction of sp³-hybridized carbons (Fsp3) is 0. The maximum atomic E-state index is 10.5. The van der Waals surface area contributed by atoms with Crippen LogP contribution in [0.2, 0.25) is 0 Å². The lowest BCUT2D eigenvalue weighted by Crippen LogP contribution is -1.99. The summed E-state index contributed by atoms with van der Waals surface area (Å²) in [6, 6.07) is 4.49. The Balaban J connectivity index is 3.23. The minimum atomic E-state index is -1.07. The van der Waals surface area contributed by atoms with E-state index >= 15 is 0 Å². The van der Waals surface area contributed by atoms with Crippen LogP contribution in [0, 0.1) is 11.3 Å². The van der Waals surface area contributed by atoms with E-state index in [-0.39, 0.29) is 15.9 Å². The number of carbonyl (C=O) groups is 1. The van der Waals surface area contributed by atoms with Gasteiger partial charge >= 0.3 is 5.97 Å². The van der Waals surface area contributed by atoms with E-state index in [1.807, 2.05) is 0 Å². The molecule has 0 aliphatic rings. The van der Waals surface area contributed by atoms with E-state index in [0.717, 1.165) is 0 Å². The van der Waals surface area contributed by atoms with Crippen LogP contribution in [0.4, 0.5) is 0 Å². The van der Waals surface area contributed by atoms with Crippen LogP contribution in [0.1, 0.15) is 16.1 Å². The van der Waals surface area contributed by atoms with Crippen molar-refractivity contribution in [3.8, 4) is 6.07 Å². The van der Waals surface area contributed by atoms with Crippen molar-refractivity contribution in [3.63, 3.8) is 0 Å². The molecule has 1 aromatic rings. The monoisotopic (exact) mass is 226 g/mol. The van der Waals surface area contributed by atoms with Crippen molar-refractivity contribution in [3.05, 3.63) is 28.0 Å². The van der Waals surface area contributed by atoms with Crippen molar-refractivity contribution in [2.75, 3.05) is 0 Å². The summed E-state index contributed by atoms with van der Waals surface area (Å²) in [5.41, 5.74) is 0.237. The van der Waals surface area contributed by atoms with Crippen molar-refractivity contribution < 1.29 is 9.90 Å². The smallest absolute Gasteiger partial charge is 0.338 e. The van der Waals surface area contributed by atoms with Gasteiger partial charge in [0.05, 0.1) is 5.56 Å². The molecule has 0 aliphatic carbocycles. The molecule has 0 unspecified atom stereocenters. The third-order valence-electron chi connectivity index (χ3n) is 1.19. The largest absolute Gasteiger partial charge is 0.478 e. The van der Waals surface area contributed by atoms with Gasteiger partial charge in [0, 0.05) is 0 Å². The lowest BCUT2D eigenvalue weighted by Gasteiger charge is -1.96. The lowest BCUT2D eigenvalue weighted by molar-refractivity contribution is 0.0695. The molecule has 60 valence electrons. The van der Waals surface area contributed by atoms with Gasteiger partial charge in [-0.1, -0.05) is 0 Å². The molecule has 0 saturated heterocycles. The molecule has 0 spiro atoms. The standard InChI is InChI=1S/C7H3BrN2O2/c8-6-5(7(11)12)2-1-4(3-9)10-6/h1-2H,(H,11,12). The molecule has 0 atom stereocenters. The molecule has 0 aliphatic heterocycles. The summed E-state index contributed by atoms with van der Waals surface area (Å²) in [6.07, 6.45) is 0. The van der Waals surface area contributed by atoms with Gasteiger partial charge in [-0.2, -0.15) is 5.26 Å². The van der Waals surface area contributed by atoms with Gasteiger partial charge in [-0.3, -0.25) is 0 Å². The van der Waals surface area contributed by atoms with Gasteiger partial charge in [-0.25, -0.2) is 9.78 Å². The van der Waals surface area contributed by atoms with Crippen LogP contribution in [0.5, 0.6) is 0 Å². The number of hydrogen-bond acceptors (Lipinski definition) is 3. The topological polar surface area (TPSA) is 74.0 Å². The van der Waals surface area contributed by atoms with Gasteiger partial charge in [0.15, 0.2) is 0 Å². The second kappa shape index (κ2) is 3.32. The number of aromatic nitrogens is 1. The molecule has 4 nitrogen and oxygen atoms in total. The summed E-state index contributed by atoms with van der Waals surface area (Å²) in [4.78, 5) is 14.2. The number of pyridine rings is 1. The highest BCUT2D eigenvalue weighted by Crippen LogP contribution is 2.13. The van der Waals surface area contributed by atoms with Gasteiger partial charge < -0.3 is 5.11 Å².